The van der Waals surface area contributed by atoms with Crippen molar-refractivity contribution in [2.45, 2.75) is 31.9 Å². The monoisotopic (exact) mass is 516 g/mol. The van der Waals surface area contributed by atoms with Gasteiger partial charge in [-0.1, -0.05) is 30.3 Å². The predicted molar refractivity (Wildman–Crippen MR) is 129 cm³/mol. The van der Waals surface area contributed by atoms with Crippen LogP contribution in [-0.4, -0.2) is 81.9 Å². The van der Waals surface area contributed by atoms with Gasteiger partial charge in [0.2, 0.25) is 0 Å². The lowest BCUT2D eigenvalue weighted by molar-refractivity contribution is 0.0906. The minimum absolute atomic E-state index is 0. The molecule has 1 unspecified atom stereocenters. The van der Waals surface area contributed by atoms with Gasteiger partial charge in [-0.15, -0.1) is 24.0 Å². The van der Waals surface area contributed by atoms with Crippen molar-refractivity contribution in [1.82, 2.24) is 15.1 Å². The first-order valence-electron chi connectivity index (χ1n) is 10.6. The number of hydrogen-bond donors (Lipinski definition) is 1. The van der Waals surface area contributed by atoms with Crippen LogP contribution in [-0.2, 0) is 16.1 Å². The zero-order valence-electron chi connectivity index (χ0n) is 17.9. The highest BCUT2D eigenvalue weighted by Gasteiger charge is 2.29. The molecule has 29 heavy (non-hydrogen) atoms. The largest absolute Gasteiger partial charge is 0.383 e. The third-order valence-electron chi connectivity index (χ3n) is 5.59. The Bertz CT molecular complexity index is 598. The van der Waals surface area contributed by atoms with E-state index in [0.717, 1.165) is 64.4 Å². The van der Waals surface area contributed by atoms with Gasteiger partial charge in [0, 0.05) is 58.8 Å². The van der Waals surface area contributed by atoms with E-state index in [1.807, 2.05) is 13.1 Å². The number of aliphatic imine (C=N–C) groups is 1. The Kier molecular flexibility index (Phi) is 11.3. The quantitative estimate of drug-likeness (QED) is 0.279. The smallest absolute Gasteiger partial charge is 0.193 e. The molecule has 1 N–H and O–H groups in total. The van der Waals surface area contributed by atoms with Gasteiger partial charge in [-0.3, -0.25) is 9.89 Å². The second-order valence-electron chi connectivity index (χ2n) is 7.84. The average molecular weight is 516 g/mol. The lowest BCUT2D eigenvalue weighted by atomic mass is 10.1. The lowest BCUT2D eigenvalue weighted by Gasteiger charge is -2.25. The van der Waals surface area contributed by atoms with Crippen molar-refractivity contribution in [2.24, 2.45) is 10.9 Å². The maximum absolute atomic E-state index is 5.94. The number of hydrogen-bond acceptors (Lipinski definition) is 4. The van der Waals surface area contributed by atoms with E-state index in [0.29, 0.717) is 12.5 Å². The zero-order chi connectivity index (χ0) is 19.6. The Hall–Kier alpha value is -0.900. The Balaban J connectivity index is 0.00000300. The Labute approximate surface area is 193 Å². The van der Waals surface area contributed by atoms with Gasteiger partial charge < -0.3 is 19.7 Å². The number of rotatable bonds is 11. The van der Waals surface area contributed by atoms with E-state index in [-0.39, 0.29) is 24.0 Å². The van der Waals surface area contributed by atoms with Crippen molar-refractivity contribution in [3.8, 4) is 0 Å². The van der Waals surface area contributed by atoms with Crippen molar-refractivity contribution in [2.75, 3.05) is 60.1 Å². The van der Waals surface area contributed by atoms with Crippen LogP contribution < -0.4 is 5.32 Å². The highest BCUT2D eigenvalue weighted by atomic mass is 127. The van der Waals surface area contributed by atoms with E-state index >= 15 is 0 Å². The van der Waals surface area contributed by atoms with Crippen molar-refractivity contribution in [3.05, 3.63) is 35.9 Å². The van der Waals surface area contributed by atoms with Gasteiger partial charge in [0.1, 0.15) is 0 Å². The van der Waals surface area contributed by atoms with Gasteiger partial charge in [0.05, 0.1) is 19.8 Å². The van der Waals surface area contributed by atoms with E-state index in [4.69, 9.17) is 9.47 Å². The number of benzene rings is 1. The molecule has 1 saturated heterocycles. The van der Waals surface area contributed by atoms with Gasteiger partial charge in [0.15, 0.2) is 5.96 Å². The number of nitrogens with one attached hydrogen (secondary N) is 1. The highest BCUT2D eigenvalue weighted by Crippen LogP contribution is 2.26. The summed E-state index contributed by atoms with van der Waals surface area (Å²) in [6.45, 7) is 7.38. The molecule has 164 valence electrons. The third kappa shape index (κ3) is 8.39. The van der Waals surface area contributed by atoms with Crippen molar-refractivity contribution >= 4 is 29.9 Å². The SMILES string of the molecule is CN=C(NCCN(CCOC)C1CC1)N1CCC(COCc2ccccc2)C1.I. The molecule has 0 bridgehead atoms. The summed E-state index contributed by atoms with van der Waals surface area (Å²) in [5.74, 6) is 1.60. The minimum atomic E-state index is 0. The number of methoxy groups -OCH3 is 1. The summed E-state index contributed by atoms with van der Waals surface area (Å²) in [4.78, 5) is 9.40. The molecule has 0 amide bonds. The molecule has 1 aromatic rings. The molecule has 0 aromatic heterocycles. The van der Waals surface area contributed by atoms with Gasteiger partial charge in [-0.05, 0) is 24.8 Å². The third-order valence-corrected chi connectivity index (χ3v) is 5.59. The van der Waals surface area contributed by atoms with Crippen molar-refractivity contribution < 1.29 is 9.47 Å². The number of likely N-dealkylation sites (tertiary alicyclic amines) is 1. The van der Waals surface area contributed by atoms with Crippen LogP contribution in [0.15, 0.2) is 35.3 Å². The van der Waals surface area contributed by atoms with Crippen LogP contribution in [0.25, 0.3) is 0 Å². The first-order valence-corrected chi connectivity index (χ1v) is 10.6. The number of guanidine groups is 1. The fraction of sp³-hybridized carbons (Fsp3) is 0.682. The summed E-state index contributed by atoms with van der Waals surface area (Å²) in [6, 6.07) is 11.2. The number of halogens is 1. The Morgan fingerprint density at radius 2 is 2.00 bits per heavy atom. The highest BCUT2D eigenvalue weighted by molar-refractivity contribution is 14.0. The molecule has 0 radical (unpaired) electrons. The van der Waals surface area contributed by atoms with Crippen LogP contribution in [0.3, 0.4) is 0 Å². The molecule has 2 aliphatic rings. The van der Waals surface area contributed by atoms with E-state index < -0.39 is 0 Å². The van der Waals surface area contributed by atoms with Crippen LogP contribution in [0.5, 0.6) is 0 Å². The van der Waals surface area contributed by atoms with E-state index in [2.05, 4.69) is 44.4 Å². The van der Waals surface area contributed by atoms with Crippen LogP contribution in [0, 0.1) is 5.92 Å². The first-order chi connectivity index (χ1) is 13.8. The second-order valence-corrected chi connectivity index (χ2v) is 7.84. The maximum Gasteiger partial charge on any atom is 0.193 e. The molecule has 7 heteroatoms. The topological polar surface area (TPSA) is 49.3 Å². The molecule has 3 rings (SSSR count). The summed E-state index contributed by atoms with van der Waals surface area (Å²) >= 11 is 0. The Morgan fingerprint density at radius 3 is 2.69 bits per heavy atom. The predicted octanol–water partition coefficient (Wildman–Crippen LogP) is 2.83. The van der Waals surface area contributed by atoms with Crippen molar-refractivity contribution in [1.29, 1.82) is 0 Å². The molecule has 2 fully saturated rings. The van der Waals surface area contributed by atoms with Gasteiger partial charge >= 0.3 is 0 Å². The molecule has 1 heterocycles. The van der Waals surface area contributed by atoms with E-state index in [1.54, 1.807) is 7.11 Å². The minimum Gasteiger partial charge on any atom is -0.383 e. The molecule has 0 spiro atoms. The molecule has 6 nitrogen and oxygen atoms in total. The van der Waals surface area contributed by atoms with Crippen LogP contribution in [0.1, 0.15) is 24.8 Å². The standard InChI is InChI=1S/C22H36N4O2.HI/c1-23-22(24-11-13-25(14-15-27-2)21-8-9-21)26-12-10-20(16-26)18-28-17-19-6-4-3-5-7-19;/h3-7,20-21H,8-18H2,1-2H3,(H,23,24);1H. The lowest BCUT2D eigenvalue weighted by Crippen LogP contribution is -2.44. The summed E-state index contributed by atoms with van der Waals surface area (Å²) in [6.07, 6.45) is 3.82. The zero-order valence-corrected chi connectivity index (χ0v) is 20.2. The van der Waals surface area contributed by atoms with Crippen molar-refractivity contribution in [3.63, 3.8) is 0 Å². The number of nitrogens with zero attached hydrogens (tertiary/aromatic N) is 3. The normalized spacial score (nSPS) is 19.5. The molecule has 1 aliphatic heterocycles. The average Bonchev–Trinajstić information content (AvgIpc) is 3.47. The fourth-order valence-electron chi connectivity index (χ4n) is 3.85. The molecule has 1 atom stereocenters. The van der Waals surface area contributed by atoms with Gasteiger partial charge in [0.25, 0.3) is 0 Å². The molecular weight excluding hydrogens is 479 g/mol. The van der Waals surface area contributed by atoms with Gasteiger partial charge in [-0.2, -0.15) is 0 Å². The van der Waals surface area contributed by atoms with Gasteiger partial charge in [-0.25, -0.2) is 0 Å². The second kappa shape index (κ2) is 13.4. The molecule has 1 aromatic carbocycles. The summed E-state index contributed by atoms with van der Waals surface area (Å²) in [5.41, 5.74) is 1.24. The molecule has 1 saturated carbocycles. The maximum atomic E-state index is 5.94. The molecular formula is C22H37IN4O2. The first kappa shape index (κ1) is 24.4. The van der Waals surface area contributed by atoms with Crippen LogP contribution in [0.2, 0.25) is 0 Å². The summed E-state index contributed by atoms with van der Waals surface area (Å²) in [7, 11) is 3.66. The van der Waals surface area contributed by atoms with Crippen LogP contribution in [0.4, 0.5) is 0 Å². The summed E-state index contributed by atoms with van der Waals surface area (Å²) in [5, 5.41) is 3.56. The van der Waals surface area contributed by atoms with E-state index in [9.17, 15) is 0 Å². The van der Waals surface area contributed by atoms with E-state index in [1.165, 1.54) is 18.4 Å². The van der Waals surface area contributed by atoms with Crippen LogP contribution >= 0.6 is 24.0 Å². The fourth-order valence-corrected chi connectivity index (χ4v) is 3.85. The molecule has 1 aliphatic carbocycles. The Morgan fingerprint density at radius 1 is 1.21 bits per heavy atom. The number of ether oxygens (including phenoxy) is 2. The summed E-state index contributed by atoms with van der Waals surface area (Å²) < 4.78 is 11.2.